The Balaban J connectivity index is 1.91. The summed E-state index contributed by atoms with van der Waals surface area (Å²) in [5.74, 6) is -0.757. The number of hydrogen-bond donors (Lipinski definition) is 1. The molecule has 4 rings (SSSR count). The van der Waals surface area contributed by atoms with Crippen LogP contribution in [0, 0.1) is 27.7 Å². The first kappa shape index (κ1) is 20.9. The van der Waals surface area contributed by atoms with Gasteiger partial charge in [-0.1, -0.05) is 59.6 Å². The molecule has 0 fully saturated rings. The van der Waals surface area contributed by atoms with Gasteiger partial charge in [-0.15, -0.1) is 0 Å². The van der Waals surface area contributed by atoms with Crippen molar-refractivity contribution < 1.29 is 9.59 Å². The molecule has 5 heteroatoms. The molecule has 156 valence electrons. The monoisotopic (exact) mass is 430 g/mol. The average Bonchev–Trinajstić information content (AvgIpc) is 2.96. The molecule has 0 aliphatic carbocycles. The van der Waals surface area contributed by atoms with Crippen molar-refractivity contribution in [3.63, 3.8) is 0 Å². The van der Waals surface area contributed by atoms with Crippen LogP contribution in [0.5, 0.6) is 0 Å². The minimum absolute atomic E-state index is 0.269. The summed E-state index contributed by atoms with van der Waals surface area (Å²) >= 11 is 6.29. The van der Waals surface area contributed by atoms with E-state index in [2.05, 4.69) is 5.32 Å². The number of carbonyl (C=O) groups excluding carboxylic acids is 2. The van der Waals surface area contributed by atoms with Crippen molar-refractivity contribution in [3.8, 4) is 0 Å². The normalized spacial score (nSPS) is 13.9. The molecule has 1 heterocycles. The maximum absolute atomic E-state index is 13.7. The van der Waals surface area contributed by atoms with E-state index in [4.69, 9.17) is 11.6 Å². The van der Waals surface area contributed by atoms with Gasteiger partial charge in [0.25, 0.3) is 11.8 Å². The molecule has 1 aliphatic heterocycles. The van der Waals surface area contributed by atoms with Gasteiger partial charge >= 0.3 is 0 Å². The molecule has 1 aliphatic rings. The molecule has 0 radical (unpaired) electrons. The highest BCUT2D eigenvalue weighted by atomic mass is 35.5. The van der Waals surface area contributed by atoms with Crippen molar-refractivity contribution in [1.29, 1.82) is 0 Å². The Hall–Kier alpha value is -3.37. The van der Waals surface area contributed by atoms with Crippen molar-refractivity contribution in [2.75, 3.05) is 10.2 Å². The number of amides is 2. The zero-order chi connectivity index (χ0) is 22.3. The van der Waals surface area contributed by atoms with Crippen LogP contribution >= 0.6 is 11.6 Å². The highest BCUT2D eigenvalue weighted by Gasteiger charge is 2.41. The smallest absolute Gasteiger partial charge is 0.282 e. The Morgan fingerprint density at radius 3 is 2.26 bits per heavy atom. The Kier molecular flexibility index (Phi) is 5.42. The van der Waals surface area contributed by atoms with E-state index in [1.165, 1.54) is 4.90 Å². The Labute approximate surface area is 187 Å². The van der Waals surface area contributed by atoms with Gasteiger partial charge in [-0.05, 0) is 68.1 Å². The number of carbonyl (C=O) groups is 2. The van der Waals surface area contributed by atoms with E-state index in [1.807, 2.05) is 70.2 Å². The number of para-hydroxylation sites is 1. The van der Waals surface area contributed by atoms with Crippen molar-refractivity contribution in [1.82, 2.24) is 0 Å². The van der Waals surface area contributed by atoms with Gasteiger partial charge in [0.05, 0.1) is 11.3 Å². The summed E-state index contributed by atoms with van der Waals surface area (Å²) in [4.78, 5) is 28.5. The van der Waals surface area contributed by atoms with Crippen molar-refractivity contribution in [2.24, 2.45) is 0 Å². The molecule has 3 aromatic rings. The molecule has 0 saturated carbocycles. The molecule has 0 atom stereocenters. The van der Waals surface area contributed by atoms with Gasteiger partial charge in [0, 0.05) is 10.7 Å². The van der Waals surface area contributed by atoms with Crippen molar-refractivity contribution in [3.05, 3.63) is 99.2 Å². The van der Waals surface area contributed by atoms with Gasteiger partial charge < -0.3 is 5.32 Å². The molecular formula is C26H23ClN2O2. The Morgan fingerprint density at radius 1 is 0.806 bits per heavy atom. The van der Waals surface area contributed by atoms with Crippen LogP contribution in [0.4, 0.5) is 11.4 Å². The first-order chi connectivity index (χ1) is 14.8. The lowest BCUT2D eigenvalue weighted by molar-refractivity contribution is -0.120. The molecule has 0 bridgehead atoms. The maximum Gasteiger partial charge on any atom is 0.282 e. The third-order valence-corrected chi connectivity index (χ3v) is 6.03. The SMILES string of the molecule is Cc1ccc(C2=C(Nc3ccccc3C)C(=O)N(c3cccc(Cl)c3C)C2=O)c(C)c1. The number of halogens is 1. The van der Waals surface area contributed by atoms with Gasteiger partial charge in [0.2, 0.25) is 0 Å². The van der Waals surface area contributed by atoms with Gasteiger partial charge in [-0.25, -0.2) is 4.90 Å². The number of benzene rings is 3. The van der Waals surface area contributed by atoms with Gasteiger partial charge in [-0.3, -0.25) is 9.59 Å². The minimum atomic E-state index is -0.395. The molecule has 0 saturated heterocycles. The maximum atomic E-state index is 13.7. The van der Waals surface area contributed by atoms with Crippen LogP contribution in [-0.2, 0) is 9.59 Å². The number of hydrogen-bond acceptors (Lipinski definition) is 3. The Bertz CT molecular complexity index is 1260. The van der Waals surface area contributed by atoms with Crippen LogP contribution < -0.4 is 10.2 Å². The number of anilines is 2. The van der Waals surface area contributed by atoms with Crippen LogP contribution in [0.2, 0.25) is 5.02 Å². The standard InChI is InChI=1S/C26H23ClN2O2/c1-15-12-13-19(17(3)14-15)23-24(28-21-10-6-5-8-16(21)2)26(31)29(25(23)30)22-11-7-9-20(27)18(22)4/h5-14,28H,1-4H3. The predicted molar refractivity (Wildman–Crippen MR) is 126 cm³/mol. The van der Waals surface area contributed by atoms with E-state index < -0.39 is 5.91 Å². The summed E-state index contributed by atoms with van der Waals surface area (Å²) in [7, 11) is 0. The highest BCUT2D eigenvalue weighted by molar-refractivity contribution is 6.46. The fourth-order valence-corrected chi connectivity index (χ4v) is 4.06. The van der Waals surface area contributed by atoms with Gasteiger partial charge in [-0.2, -0.15) is 0 Å². The summed E-state index contributed by atoms with van der Waals surface area (Å²) in [6, 6.07) is 18.8. The fraction of sp³-hybridized carbons (Fsp3) is 0.154. The molecule has 0 aromatic heterocycles. The third kappa shape index (κ3) is 3.64. The second-order valence-corrected chi connectivity index (χ2v) is 8.25. The van der Waals surface area contributed by atoms with Crippen LogP contribution in [-0.4, -0.2) is 11.8 Å². The molecular weight excluding hydrogens is 408 g/mol. The van der Waals surface area contributed by atoms with Gasteiger partial charge in [0.1, 0.15) is 5.70 Å². The average molecular weight is 431 g/mol. The predicted octanol–water partition coefficient (Wildman–Crippen LogP) is 5.97. The summed E-state index contributed by atoms with van der Waals surface area (Å²) < 4.78 is 0. The summed E-state index contributed by atoms with van der Waals surface area (Å²) in [5.41, 5.74) is 6.34. The molecule has 4 nitrogen and oxygen atoms in total. The second-order valence-electron chi connectivity index (χ2n) is 7.84. The number of aryl methyl sites for hydroxylation is 3. The largest absolute Gasteiger partial charge is 0.350 e. The van der Waals surface area contributed by atoms with E-state index in [1.54, 1.807) is 18.2 Å². The van der Waals surface area contributed by atoms with E-state index in [9.17, 15) is 9.59 Å². The molecule has 0 unspecified atom stereocenters. The van der Waals surface area contributed by atoms with Crippen LogP contribution in [0.1, 0.15) is 27.8 Å². The van der Waals surface area contributed by atoms with Crippen LogP contribution in [0.3, 0.4) is 0 Å². The molecule has 0 spiro atoms. The lowest BCUT2D eigenvalue weighted by atomic mass is 9.97. The van der Waals surface area contributed by atoms with Crippen molar-refractivity contribution in [2.45, 2.75) is 27.7 Å². The number of imide groups is 1. The lowest BCUT2D eigenvalue weighted by Gasteiger charge is -2.18. The molecule has 2 amide bonds. The summed E-state index contributed by atoms with van der Waals surface area (Å²) in [5, 5.41) is 3.75. The third-order valence-electron chi connectivity index (χ3n) is 5.62. The first-order valence-electron chi connectivity index (χ1n) is 10.1. The zero-order valence-electron chi connectivity index (χ0n) is 17.9. The molecule has 31 heavy (non-hydrogen) atoms. The number of nitrogens with zero attached hydrogens (tertiary/aromatic N) is 1. The van der Waals surface area contributed by atoms with E-state index in [0.717, 1.165) is 27.9 Å². The highest BCUT2D eigenvalue weighted by Crippen LogP contribution is 2.38. The topological polar surface area (TPSA) is 49.4 Å². The number of rotatable bonds is 4. The lowest BCUT2D eigenvalue weighted by Crippen LogP contribution is -2.33. The fourth-order valence-electron chi connectivity index (χ4n) is 3.89. The van der Waals surface area contributed by atoms with Gasteiger partial charge in [0.15, 0.2) is 0 Å². The van der Waals surface area contributed by atoms with Crippen LogP contribution in [0.15, 0.2) is 66.4 Å². The Morgan fingerprint density at radius 2 is 1.55 bits per heavy atom. The van der Waals surface area contributed by atoms with E-state index in [-0.39, 0.29) is 11.6 Å². The van der Waals surface area contributed by atoms with Crippen molar-refractivity contribution >= 4 is 40.4 Å². The molecule has 3 aromatic carbocycles. The minimum Gasteiger partial charge on any atom is -0.350 e. The first-order valence-corrected chi connectivity index (χ1v) is 10.5. The second kappa shape index (κ2) is 8.05. The van der Waals surface area contributed by atoms with Crippen LogP contribution in [0.25, 0.3) is 5.57 Å². The zero-order valence-corrected chi connectivity index (χ0v) is 18.7. The van der Waals surface area contributed by atoms with E-state index in [0.29, 0.717) is 21.8 Å². The summed E-state index contributed by atoms with van der Waals surface area (Å²) in [6.45, 7) is 7.72. The van der Waals surface area contributed by atoms with E-state index >= 15 is 0 Å². The number of nitrogens with one attached hydrogen (secondary N) is 1. The molecule has 1 N–H and O–H groups in total. The quantitative estimate of drug-likeness (QED) is 0.518. The summed E-state index contributed by atoms with van der Waals surface area (Å²) in [6.07, 6.45) is 0.